The third-order valence-electron chi connectivity index (χ3n) is 5.02. The van der Waals surface area contributed by atoms with E-state index in [9.17, 15) is 26.4 Å². The van der Waals surface area contributed by atoms with Crippen LogP contribution in [0.2, 0.25) is 0 Å². The van der Waals surface area contributed by atoms with Crippen LogP contribution in [0.3, 0.4) is 0 Å². The van der Waals surface area contributed by atoms with Gasteiger partial charge in [-0.2, -0.15) is 13.2 Å². The zero-order valence-electron chi connectivity index (χ0n) is 15.1. The van der Waals surface area contributed by atoms with E-state index in [1.807, 2.05) is 6.92 Å². The van der Waals surface area contributed by atoms with Crippen molar-refractivity contribution in [2.24, 2.45) is 5.41 Å². The Balaban J connectivity index is 2.40. The van der Waals surface area contributed by atoms with Crippen molar-refractivity contribution in [3.63, 3.8) is 0 Å². The maximum atomic E-state index is 13.5. The summed E-state index contributed by atoms with van der Waals surface area (Å²) in [6.07, 6.45) is -1.69. The molecule has 0 aromatic heterocycles. The minimum absolute atomic E-state index is 0.0344. The Kier molecular flexibility index (Phi) is 5.75. The maximum Gasteiger partial charge on any atom is 0.417 e. The smallest absolute Gasteiger partial charge is 0.326 e. The molecule has 1 aromatic carbocycles. The number of carbonyl (C=O) groups excluding carboxylic acids is 1. The van der Waals surface area contributed by atoms with Crippen LogP contribution < -0.4 is 5.32 Å². The normalized spacial score (nSPS) is 17.6. The van der Waals surface area contributed by atoms with Crippen molar-refractivity contribution in [3.05, 3.63) is 23.8 Å². The molecular formula is C18H24F3NO3S. The van der Waals surface area contributed by atoms with Gasteiger partial charge in [0.1, 0.15) is 0 Å². The Morgan fingerprint density at radius 3 is 2.35 bits per heavy atom. The van der Waals surface area contributed by atoms with Crippen molar-refractivity contribution < 1.29 is 26.4 Å². The van der Waals surface area contributed by atoms with Gasteiger partial charge in [-0.05, 0) is 50.8 Å². The molecule has 1 aliphatic rings. The lowest BCUT2D eigenvalue weighted by Crippen LogP contribution is -2.25. The number of benzene rings is 1. The summed E-state index contributed by atoms with van der Waals surface area (Å²) in [4.78, 5) is 11.6. The van der Waals surface area contributed by atoms with Crippen molar-refractivity contribution in [3.8, 4) is 0 Å². The van der Waals surface area contributed by atoms with Gasteiger partial charge in [-0.25, -0.2) is 8.42 Å². The average Bonchev–Trinajstić information content (AvgIpc) is 3.34. The number of halogens is 3. The van der Waals surface area contributed by atoms with Crippen LogP contribution in [0, 0.1) is 5.41 Å². The molecule has 1 aliphatic carbocycles. The number of anilines is 1. The highest BCUT2D eigenvalue weighted by molar-refractivity contribution is 7.92. The third-order valence-corrected chi connectivity index (χ3v) is 7.38. The lowest BCUT2D eigenvalue weighted by atomic mass is 9.99. The zero-order chi connectivity index (χ0) is 19.8. The fourth-order valence-corrected chi connectivity index (χ4v) is 4.61. The Hall–Kier alpha value is -1.57. The molecule has 1 N–H and O–H groups in total. The number of rotatable bonds is 7. The highest BCUT2D eigenvalue weighted by Crippen LogP contribution is 2.50. The third kappa shape index (κ3) is 4.05. The standard InChI is InChI=1S/C18H24F3NO3S/c1-4-8-17(9-10-17)16(23)22-13-6-7-15(14(11-13)18(19,20)21)26(24,25)12(3)5-2/h6-7,11-12H,4-5,8-10H2,1-3H3,(H,22,23). The second kappa shape index (κ2) is 7.21. The number of hydrogen-bond donors (Lipinski definition) is 1. The van der Waals surface area contributed by atoms with Crippen LogP contribution in [0.5, 0.6) is 0 Å². The fourth-order valence-electron chi connectivity index (χ4n) is 3.00. The molecule has 1 fully saturated rings. The molecule has 0 aliphatic heterocycles. The first-order valence-electron chi connectivity index (χ1n) is 8.74. The molecule has 1 aromatic rings. The first-order chi connectivity index (χ1) is 12.0. The first-order valence-corrected chi connectivity index (χ1v) is 10.3. The molecule has 1 unspecified atom stereocenters. The van der Waals surface area contributed by atoms with Gasteiger partial charge in [0.2, 0.25) is 5.91 Å². The number of hydrogen-bond acceptors (Lipinski definition) is 3. The van der Waals surface area contributed by atoms with Crippen LogP contribution in [0.4, 0.5) is 18.9 Å². The minimum atomic E-state index is -4.84. The van der Waals surface area contributed by atoms with Crippen LogP contribution in [0.15, 0.2) is 23.1 Å². The molecule has 4 nitrogen and oxygen atoms in total. The molecule has 0 radical (unpaired) electrons. The van der Waals surface area contributed by atoms with Crippen LogP contribution in [-0.4, -0.2) is 19.6 Å². The molecule has 8 heteroatoms. The highest BCUT2D eigenvalue weighted by atomic mass is 32.2. The fraction of sp³-hybridized carbons (Fsp3) is 0.611. The van der Waals surface area contributed by atoms with Gasteiger partial charge in [0.15, 0.2) is 9.84 Å². The SMILES string of the molecule is CCCC1(C(=O)Nc2ccc(S(=O)(=O)C(C)CC)c(C(F)(F)F)c2)CC1. The number of sulfone groups is 1. The quantitative estimate of drug-likeness (QED) is 0.726. The molecule has 0 spiro atoms. The van der Waals surface area contributed by atoms with Gasteiger partial charge in [-0.15, -0.1) is 0 Å². The van der Waals surface area contributed by atoms with Gasteiger partial charge >= 0.3 is 6.18 Å². The number of amides is 1. The van der Waals surface area contributed by atoms with Crippen molar-refractivity contribution in [2.75, 3.05) is 5.32 Å². The Labute approximate surface area is 152 Å². The zero-order valence-corrected chi connectivity index (χ0v) is 15.9. The summed E-state index contributed by atoms with van der Waals surface area (Å²) in [6.45, 7) is 4.93. The van der Waals surface area contributed by atoms with E-state index in [4.69, 9.17) is 0 Å². The highest BCUT2D eigenvalue weighted by Gasteiger charge is 2.48. The second-order valence-electron chi connectivity index (χ2n) is 6.96. The molecular weight excluding hydrogens is 367 g/mol. The largest absolute Gasteiger partial charge is 0.417 e. The Morgan fingerprint density at radius 2 is 1.88 bits per heavy atom. The van der Waals surface area contributed by atoms with Crippen molar-refractivity contribution in [1.29, 1.82) is 0 Å². The maximum absolute atomic E-state index is 13.5. The lowest BCUT2D eigenvalue weighted by molar-refractivity contribution is -0.139. The number of nitrogens with one attached hydrogen (secondary N) is 1. The molecule has 26 heavy (non-hydrogen) atoms. The summed E-state index contributed by atoms with van der Waals surface area (Å²) < 4.78 is 65.2. The molecule has 146 valence electrons. The van der Waals surface area contributed by atoms with Crippen LogP contribution in [-0.2, 0) is 20.8 Å². The summed E-state index contributed by atoms with van der Waals surface area (Å²) in [5.74, 6) is -0.301. The van der Waals surface area contributed by atoms with E-state index in [2.05, 4.69) is 5.32 Å². The van der Waals surface area contributed by atoms with E-state index in [0.29, 0.717) is 6.42 Å². The summed E-state index contributed by atoms with van der Waals surface area (Å²) in [6, 6.07) is 2.89. The predicted octanol–water partition coefficient (Wildman–Crippen LogP) is 4.80. The second-order valence-corrected chi connectivity index (χ2v) is 9.29. The average molecular weight is 391 g/mol. The van der Waals surface area contributed by atoms with E-state index in [1.54, 1.807) is 6.92 Å². The molecule has 0 saturated heterocycles. The number of alkyl halides is 3. The minimum Gasteiger partial charge on any atom is -0.326 e. The molecule has 1 atom stereocenters. The van der Waals surface area contributed by atoms with Crippen molar-refractivity contribution in [2.45, 2.75) is 69.2 Å². The molecule has 0 bridgehead atoms. The van der Waals surface area contributed by atoms with Crippen LogP contribution >= 0.6 is 0 Å². The molecule has 1 saturated carbocycles. The molecule has 2 rings (SSSR count). The van der Waals surface area contributed by atoms with Gasteiger partial charge in [-0.3, -0.25) is 4.79 Å². The van der Waals surface area contributed by atoms with Gasteiger partial charge < -0.3 is 5.32 Å². The number of carbonyl (C=O) groups is 1. The first kappa shape index (κ1) is 20.7. The summed E-state index contributed by atoms with van der Waals surface area (Å²) >= 11 is 0. The molecule has 0 heterocycles. The monoisotopic (exact) mass is 391 g/mol. The van der Waals surface area contributed by atoms with E-state index >= 15 is 0 Å². The van der Waals surface area contributed by atoms with Crippen molar-refractivity contribution >= 4 is 21.4 Å². The van der Waals surface area contributed by atoms with Gasteiger partial charge in [0, 0.05) is 11.1 Å². The van der Waals surface area contributed by atoms with Gasteiger partial charge in [0.25, 0.3) is 0 Å². The van der Waals surface area contributed by atoms with Crippen LogP contribution in [0.25, 0.3) is 0 Å². The summed E-state index contributed by atoms with van der Waals surface area (Å²) in [7, 11) is -4.11. The topological polar surface area (TPSA) is 63.2 Å². The van der Waals surface area contributed by atoms with E-state index in [-0.39, 0.29) is 18.0 Å². The summed E-state index contributed by atoms with van der Waals surface area (Å²) in [5.41, 5.74) is -1.77. The van der Waals surface area contributed by atoms with E-state index < -0.39 is 37.1 Å². The Bertz CT molecular complexity index is 783. The van der Waals surface area contributed by atoms with Crippen molar-refractivity contribution in [1.82, 2.24) is 0 Å². The van der Waals surface area contributed by atoms with E-state index in [0.717, 1.165) is 31.4 Å². The predicted molar refractivity (Wildman–Crippen MR) is 93.6 cm³/mol. The lowest BCUT2D eigenvalue weighted by Gasteiger charge is -2.19. The molecule has 1 amide bonds. The summed E-state index contributed by atoms with van der Waals surface area (Å²) in [5, 5.41) is 1.60. The van der Waals surface area contributed by atoms with Crippen LogP contribution in [0.1, 0.15) is 58.4 Å². The van der Waals surface area contributed by atoms with Gasteiger partial charge in [0.05, 0.1) is 15.7 Å². The van der Waals surface area contributed by atoms with Gasteiger partial charge in [-0.1, -0.05) is 20.3 Å². The Morgan fingerprint density at radius 1 is 1.27 bits per heavy atom. The van der Waals surface area contributed by atoms with E-state index in [1.165, 1.54) is 13.0 Å².